The highest BCUT2D eigenvalue weighted by atomic mass is 31.1. The van der Waals surface area contributed by atoms with Crippen LogP contribution in [0.5, 0.6) is 0 Å². The second-order valence-corrected chi connectivity index (χ2v) is 20.0. The van der Waals surface area contributed by atoms with Crippen LogP contribution in [0.4, 0.5) is 0 Å². The first-order chi connectivity index (χ1) is 13.6. The van der Waals surface area contributed by atoms with Crippen molar-refractivity contribution < 1.29 is 0 Å². The lowest BCUT2D eigenvalue weighted by atomic mass is 9.99. The van der Waals surface area contributed by atoms with Crippen LogP contribution >= 0.6 is 15.8 Å². The van der Waals surface area contributed by atoms with E-state index in [2.05, 4.69) is 48.5 Å². The van der Waals surface area contributed by atoms with Gasteiger partial charge in [0.2, 0.25) is 0 Å². The molecule has 0 amide bonds. The van der Waals surface area contributed by atoms with E-state index in [1.54, 1.807) is 70.6 Å². The van der Waals surface area contributed by atoms with Crippen molar-refractivity contribution in [1.82, 2.24) is 0 Å². The fourth-order valence-corrected chi connectivity index (χ4v) is 17.6. The number of hydrogen-bond acceptors (Lipinski definition) is 0. The van der Waals surface area contributed by atoms with Crippen LogP contribution in [0, 0.1) is 5.92 Å². The zero-order valence-electron chi connectivity index (χ0n) is 21.0. The molecule has 0 radical (unpaired) electrons. The fourth-order valence-electron chi connectivity index (χ4n) is 7.79. The van der Waals surface area contributed by atoms with Gasteiger partial charge in [-0.05, 0) is 83.8 Å². The first kappa shape index (κ1) is 24.5. The Bertz CT molecular complexity index is 456. The molecule has 170 valence electrons. The summed E-state index contributed by atoms with van der Waals surface area (Å²) in [4.78, 5) is 0. The summed E-state index contributed by atoms with van der Waals surface area (Å²) in [5, 5.41) is 0.950. The zero-order chi connectivity index (χ0) is 21.2. The Hall–Kier alpha value is 0.860. The average molecular weight is 439 g/mol. The van der Waals surface area contributed by atoms with E-state index < -0.39 is 0 Å². The molecule has 3 rings (SSSR count). The molecule has 3 aliphatic carbocycles. The standard InChI is InChI=1S/C27H52P2/c1-21(29(26(2,3)4)27(5,6)7)22-18-19-25(20-22)28(23-14-10-8-11-15-23)24-16-12-9-13-17-24/h21-25H,8-20H2,1-7H3. The Kier molecular flexibility index (Phi) is 8.62. The summed E-state index contributed by atoms with van der Waals surface area (Å²) < 4.78 is 0. The predicted octanol–water partition coefficient (Wildman–Crippen LogP) is 9.77. The summed E-state index contributed by atoms with van der Waals surface area (Å²) in [5.41, 5.74) is 4.35. The van der Waals surface area contributed by atoms with Gasteiger partial charge in [0.25, 0.3) is 0 Å². The van der Waals surface area contributed by atoms with Gasteiger partial charge < -0.3 is 0 Å². The van der Waals surface area contributed by atoms with Crippen LogP contribution in [0.2, 0.25) is 0 Å². The summed E-state index contributed by atoms with van der Waals surface area (Å²) in [5.74, 6) is 1.02. The highest BCUT2D eigenvalue weighted by Gasteiger charge is 2.45. The molecule has 0 aromatic rings. The molecule has 3 fully saturated rings. The minimum absolute atomic E-state index is 0.0249. The van der Waals surface area contributed by atoms with Crippen molar-refractivity contribution >= 4 is 15.8 Å². The van der Waals surface area contributed by atoms with Crippen LogP contribution in [0.1, 0.15) is 132 Å². The van der Waals surface area contributed by atoms with Gasteiger partial charge in [-0.2, -0.15) is 0 Å². The van der Waals surface area contributed by atoms with Crippen molar-refractivity contribution in [2.24, 2.45) is 5.92 Å². The molecule has 0 nitrogen and oxygen atoms in total. The molecule has 0 aliphatic heterocycles. The number of rotatable bonds is 5. The van der Waals surface area contributed by atoms with Crippen molar-refractivity contribution in [3.8, 4) is 0 Å². The molecule has 3 saturated carbocycles. The fraction of sp³-hybridized carbons (Fsp3) is 1.00. The molecule has 2 heteroatoms. The van der Waals surface area contributed by atoms with Crippen molar-refractivity contribution in [2.75, 3.05) is 0 Å². The van der Waals surface area contributed by atoms with Crippen LogP contribution in [0.25, 0.3) is 0 Å². The summed E-state index contributed by atoms with van der Waals surface area (Å²) >= 11 is 0. The maximum Gasteiger partial charge on any atom is -0.0172 e. The molecule has 0 N–H and O–H groups in total. The largest absolute Gasteiger partial charge is 0.0971 e. The van der Waals surface area contributed by atoms with Gasteiger partial charge in [-0.3, -0.25) is 0 Å². The monoisotopic (exact) mass is 438 g/mol. The molecule has 3 aliphatic rings. The molecular formula is C27H52P2. The van der Waals surface area contributed by atoms with Crippen LogP contribution in [-0.2, 0) is 0 Å². The minimum Gasteiger partial charge on any atom is -0.0971 e. The summed E-state index contributed by atoms with van der Waals surface area (Å²) in [6.45, 7) is 17.9. The third-order valence-corrected chi connectivity index (χ3v) is 16.6. The Morgan fingerprint density at radius 2 is 1.03 bits per heavy atom. The zero-order valence-corrected chi connectivity index (χ0v) is 22.8. The van der Waals surface area contributed by atoms with Crippen molar-refractivity contribution in [2.45, 2.75) is 165 Å². The first-order valence-electron chi connectivity index (χ1n) is 13.2. The third kappa shape index (κ3) is 6.22. The molecule has 0 saturated heterocycles. The van der Waals surface area contributed by atoms with Gasteiger partial charge >= 0.3 is 0 Å². The molecule has 0 spiro atoms. The van der Waals surface area contributed by atoms with E-state index in [1.807, 2.05) is 0 Å². The Labute approximate surface area is 186 Å². The topological polar surface area (TPSA) is 0 Å². The van der Waals surface area contributed by atoms with E-state index >= 15 is 0 Å². The Balaban J connectivity index is 1.73. The lowest BCUT2D eigenvalue weighted by molar-refractivity contribution is 0.478. The van der Waals surface area contributed by atoms with Gasteiger partial charge in [-0.15, -0.1) is 0 Å². The van der Waals surface area contributed by atoms with Crippen molar-refractivity contribution in [3.63, 3.8) is 0 Å². The van der Waals surface area contributed by atoms with E-state index in [1.165, 1.54) is 12.8 Å². The molecular weight excluding hydrogens is 386 g/mol. The smallest absolute Gasteiger partial charge is 0.0172 e. The third-order valence-electron chi connectivity index (χ3n) is 8.39. The highest BCUT2D eigenvalue weighted by molar-refractivity contribution is 7.61. The van der Waals surface area contributed by atoms with Gasteiger partial charge in [0, 0.05) is 0 Å². The molecule has 0 aromatic heterocycles. The van der Waals surface area contributed by atoms with E-state index in [0.29, 0.717) is 10.3 Å². The second-order valence-electron chi connectivity index (χ2n) is 12.7. The maximum absolute atomic E-state index is 2.67. The molecule has 3 atom stereocenters. The lowest BCUT2D eigenvalue weighted by Gasteiger charge is -2.47. The van der Waals surface area contributed by atoms with Crippen LogP contribution in [0.15, 0.2) is 0 Å². The summed E-state index contributed by atoms with van der Waals surface area (Å²) in [7, 11) is 0.307. The second kappa shape index (κ2) is 10.2. The van der Waals surface area contributed by atoms with Gasteiger partial charge in [-0.1, -0.05) is 103 Å². The SMILES string of the molecule is CC(C1CCC(P(C2CCCCC2)C2CCCCC2)C1)P(C(C)(C)C)C(C)(C)C. The first-order valence-corrected chi connectivity index (χ1v) is 16.1. The Morgan fingerprint density at radius 1 is 0.586 bits per heavy atom. The predicted molar refractivity (Wildman–Crippen MR) is 138 cm³/mol. The minimum atomic E-state index is 0.0249. The molecule has 29 heavy (non-hydrogen) atoms. The van der Waals surface area contributed by atoms with Gasteiger partial charge in [0.05, 0.1) is 0 Å². The van der Waals surface area contributed by atoms with E-state index in [4.69, 9.17) is 0 Å². The van der Waals surface area contributed by atoms with Crippen molar-refractivity contribution in [1.29, 1.82) is 0 Å². The summed E-state index contributed by atoms with van der Waals surface area (Å²) in [6, 6.07) is 0. The van der Waals surface area contributed by atoms with Crippen molar-refractivity contribution in [3.05, 3.63) is 0 Å². The van der Waals surface area contributed by atoms with Gasteiger partial charge in [0.15, 0.2) is 0 Å². The number of hydrogen-bond donors (Lipinski definition) is 0. The highest BCUT2D eigenvalue weighted by Crippen LogP contribution is 2.68. The molecule has 0 aromatic carbocycles. The van der Waals surface area contributed by atoms with Gasteiger partial charge in [-0.25, -0.2) is 0 Å². The van der Waals surface area contributed by atoms with Gasteiger partial charge in [0.1, 0.15) is 0 Å². The average Bonchev–Trinajstić information content (AvgIpc) is 3.11. The maximum atomic E-state index is 2.67. The molecule has 3 unspecified atom stereocenters. The summed E-state index contributed by atoms with van der Waals surface area (Å²) in [6.07, 6.45) is 20.3. The lowest BCUT2D eigenvalue weighted by Crippen LogP contribution is -2.33. The van der Waals surface area contributed by atoms with Crippen LogP contribution in [0.3, 0.4) is 0 Å². The van der Waals surface area contributed by atoms with E-state index in [-0.39, 0.29) is 15.8 Å². The normalized spacial score (nSPS) is 29.7. The van der Waals surface area contributed by atoms with Crippen LogP contribution < -0.4 is 0 Å². The van der Waals surface area contributed by atoms with E-state index in [9.17, 15) is 0 Å². The van der Waals surface area contributed by atoms with Crippen LogP contribution in [-0.4, -0.2) is 32.9 Å². The Morgan fingerprint density at radius 3 is 1.45 bits per heavy atom. The van der Waals surface area contributed by atoms with E-state index in [0.717, 1.165) is 28.6 Å². The molecule has 0 heterocycles. The quantitative estimate of drug-likeness (QED) is 0.375. The molecule has 0 bridgehead atoms.